The van der Waals surface area contributed by atoms with Crippen LogP contribution < -0.4 is 10.5 Å². The van der Waals surface area contributed by atoms with E-state index < -0.39 is 0 Å². The molecule has 6 nitrogen and oxygen atoms in total. The molecule has 0 bridgehead atoms. The van der Waals surface area contributed by atoms with E-state index in [0.717, 1.165) is 27.8 Å². The van der Waals surface area contributed by atoms with Gasteiger partial charge in [0.25, 0.3) is 5.56 Å². The van der Waals surface area contributed by atoms with E-state index in [4.69, 9.17) is 0 Å². The number of thiazole rings is 1. The van der Waals surface area contributed by atoms with Crippen molar-refractivity contribution in [3.8, 4) is 11.4 Å². The lowest BCUT2D eigenvalue weighted by molar-refractivity contribution is 0.883. The number of anilines is 1. The van der Waals surface area contributed by atoms with Gasteiger partial charge in [0.2, 0.25) is 0 Å². The molecule has 0 amide bonds. The molecule has 0 radical (unpaired) electrons. The van der Waals surface area contributed by atoms with Gasteiger partial charge in [0, 0.05) is 41.1 Å². The number of pyridine rings is 1. The second-order valence-corrected chi connectivity index (χ2v) is 6.71. The molecule has 0 unspecified atom stereocenters. The number of hydrogen-bond donors (Lipinski definition) is 1. The summed E-state index contributed by atoms with van der Waals surface area (Å²) in [6, 6.07) is 3.84. The van der Waals surface area contributed by atoms with E-state index >= 15 is 0 Å². The summed E-state index contributed by atoms with van der Waals surface area (Å²) in [7, 11) is 1.98. The second kappa shape index (κ2) is 6.52. The molecule has 0 aliphatic heterocycles. The summed E-state index contributed by atoms with van der Waals surface area (Å²) in [5, 5.41) is 3.10. The maximum absolute atomic E-state index is 11.9. The molecule has 3 heterocycles. The molecule has 0 fully saturated rings. The van der Waals surface area contributed by atoms with E-state index in [1.165, 1.54) is 0 Å². The highest BCUT2D eigenvalue weighted by Crippen LogP contribution is 2.19. The number of hydrogen-bond acceptors (Lipinski definition) is 6. The second-order valence-electron chi connectivity index (χ2n) is 5.77. The monoisotopic (exact) mass is 341 g/mol. The van der Waals surface area contributed by atoms with Crippen LogP contribution in [0.2, 0.25) is 0 Å². The van der Waals surface area contributed by atoms with Gasteiger partial charge in [0.1, 0.15) is 16.6 Å². The van der Waals surface area contributed by atoms with Crippen molar-refractivity contribution in [2.24, 2.45) is 0 Å². The van der Waals surface area contributed by atoms with Crippen molar-refractivity contribution in [3.05, 3.63) is 56.0 Å². The van der Waals surface area contributed by atoms with Gasteiger partial charge in [-0.05, 0) is 32.9 Å². The Morgan fingerprint density at radius 2 is 2.00 bits per heavy atom. The van der Waals surface area contributed by atoms with Gasteiger partial charge >= 0.3 is 0 Å². The molecule has 3 aromatic rings. The van der Waals surface area contributed by atoms with Crippen LogP contribution in [0, 0.1) is 20.8 Å². The highest BCUT2D eigenvalue weighted by molar-refractivity contribution is 7.09. The van der Waals surface area contributed by atoms with E-state index in [-0.39, 0.29) is 5.56 Å². The average Bonchev–Trinajstić information content (AvgIpc) is 2.97. The Morgan fingerprint density at radius 1 is 1.21 bits per heavy atom. The van der Waals surface area contributed by atoms with E-state index in [0.29, 0.717) is 17.9 Å². The van der Waals surface area contributed by atoms with Crippen LogP contribution in [0.4, 0.5) is 5.82 Å². The first kappa shape index (κ1) is 16.3. The predicted octanol–water partition coefficient (Wildman–Crippen LogP) is 2.85. The summed E-state index contributed by atoms with van der Waals surface area (Å²) in [6.07, 6.45) is 1.73. The van der Waals surface area contributed by atoms with Gasteiger partial charge in [0.05, 0.1) is 6.54 Å². The highest BCUT2D eigenvalue weighted by atomic mass is 32.1. The fraction of sp³-hybridized carbons (Fsp3) is 0.294. The largest absolute Gasteiger partial charge is 0.353 e. The third-order valence-electron chi connectivity index (χ3n) is 3.85. The molecule has 1 N–H and O–H groups in total. The Balaban J connectivity index is 1.81. The molecule has 0 aliphatic carbocycles. The Morgan fingerprint density at radius 3 is 2.58 bits per heavy atom. The number of aryl methyl sites for hydroxylation is 2. The summed E-state index contributed by atoms with van der Waals surface area (Å²) >= 11 is 1.65. The van der Waals surface area contributed by atoms with Crippen molar-refractivity contribution in [1.82, 2.24) is 19.9 Å². The molecule has 3 aromatic heterocycles. The van der Waals surface area contributed by atoms with Gasteiger partial charge < -0.3 is 9.88 Å². The smallest absolute Gasteiger partial charge is 0.254 e. The molecule has 24 heavy (non-hydrogen) atoms. The van der Waals surface area contributed by atoms with Crippen LogP contribution in [-0.2, 0) is 6.54 Å². The summed E-state index contributed by atoms with van der Waals surface area (Å²) in [6.45, 7) is 6.30. The first-order chi connectivity index (χ1) is 11.4. The van der Waals surface area contributed by atoms with Crippen molar-refractivity contribution in [1.29, 1.82) is 0 Å². The third-order valence-corrected chi connectivity index (χ3v) is 4.80. The van der Waals surface area contributed by atoms with Crippen molar-refractivity contribution >= 4 is 17.2 Å². The third kappa shape index (κ3) is 3.35. The highest BCUT2D eigenvalue weighted by Gasteiger charge is 2.09. The quantitative estimate of drug-likeness (QED) is 0.790. The van der Waals surface area contributed by atoms with E-state index in [1.807, 2.05) is 43.3 Å². The molecular formula is C17H19N5OS. The molecule has 0 spiro atoms. The fourth-order valence-electron chi connectivity index (χ4n) is 2.29. The van der Waals surface area contributed by atoms with Crippen LogP contribution in [-0.4, -0.2) is 27.0 Å². The first-order valence-corrected chi connectivity index (χ1v) is 8.48. The molecule has 124 valence electrons. The standard InChI is InChI=1S/C17H19N5OS/c1-10-9-24-15(19-10)8-22(4)14-6-5-13(7-18-14)16-20-12(3)11(2)17(23)21-16/h5-7,9H,8H2,1-4H3,(H,20,21,23). The Bertz CT molecular complexity index is 913. The first-order valence-electron chi connectivity index (χ1n) is 7.60. The van der Waals surface area contributed by atoms with E-state index in [9.17, 15) is 4.79 Å². The predicted molar refractivity (Wildman–Crippen MR) is 96.5 cm³/mol. The summed E-state index contributed by atoms with van der Waals surface area (Å²) in [5.74, 6) is 1.39. The van der Waals surface area contributed by atoms with Crippen molar-refractivity contribution in [3.63, 3.8) is 0 Å². The SMILES string of the molecule is Cc1csc(CN(C)c2ccc(-c3nc(C)c(C)c(=O)[nH]3)cn2)n1. The molecule has 3 rings (SSSR count). The molecule has 0 aromatic carbocycles. The minimum absolute atomic E-state index is 0.113. The maximum atomic E-state index is 11.9. The molecular weight excluding hydrogens is 322 g/mol. The van der Waals surface area contributed by atoms with Gasteiger partial charge in [-0.15, -0.1) is 11.3 Å². The number of nitrogens with zero attached hydrogens (tertiary/aromatic N) is 4. The topological polar surface area (TPSA) is 74.8 Å². The lowest BCUT2D eigenvalue weighted by atomic mass is 10.2. The van der Waals surface area contributed by atoms with Crippen molar-refractivity contribution in [2.75, 3.05) is 11.9 Å². The van der Waals surface area contributed by atoms with E-state index in [1.54, 1.807) is 24.5 Å². The zero-order chi connectivity index (χ0) is 17.3. The van der Waals surface area contributed by atoms with Gasteiger partial charge in [-0.3, -0.25) is 4.79 Å². The molecule has 0 aliphatic rings. The van der Waals surface area contributed by atoms with Crippen LogP contribution in [0.25, 0.3) is 11.4 Å². The zero-order valence-corrected chi connectivity index (χ0v) is 14.9. The number of aromatic amines is 1. The Kier molecular flexibility index (Phi) is 4.44. The van der Waals surface area contributed by atoms with Gasteiger partial charge in [-0.2, -0.15) is 0 Å². The summed E-state index contributed by atoms with van der Waals surface area (Å²) < 4.78 is 0. The lowest BCUT2D eigenvalue weighted by Crippen LogP contribution is -2.17. The molecule has 0 saturated heterocycles. The summed E-state index contributed by atoms with van der Waals surface area (Å²) in [5.41, 5.74) is 3.09. The number of rotatable bonds is 4. The number of nitrogens with one attached hydrogen (secondary N) is 1. The number of H-pyrrole nitrogens is 1. The zero-order valence-electron chi connectivity index (χ0n) is 14.1. The minimum atomic E-state index is -0.113. The Hall–Kier alpha value is -2.54. The molecule has 0 atom stereocenters. The average molecular weight is 341 g/mol. The minimum Gasteiger partial charge on any atom is -0.353 e. The maximum Gasteiger partial charge on any atom is 0.254 e. The molecule has 7 heteroatoms. The van der Waals surface area contributed by atoms with Gasteiger partial charge in [-0.25, -0.2) is 15.0 Å². The van der Waals surface area contributed by atoms with Crippen LogP contribution in [0.1, 0.15) is 22.0 Å². The van der Waals surface area contributed by atoms with Crippen LogP contribution in [0.3, 0.4) is 0 Å². The van der Waals surface area contributed by atoms with Crippen LogP contribution >= 0.6 is 11.3 Å². The van der Waals surface area contributed by atoms with Gasteiger partial charge in [0.15, 0.2) is 0 Å². The van der Waals surface area contributed by atoms with E-state index in [2.05, 4.69) is 19.9 Å². The molecule has 0 saturated carbocycles. The normalized spacial score (nSPS) is 10.8. The Labute approximate surface area is 144 Å². The number of aromatic nitrogens is 4. The van der Waals surface area contributed by atoms with Crippen molar-refractivity contribution in [2.45, 2.75) is 27.3 Å². The van der Waals surface area contributed by atoms with Gasteiger partial charge in [-0.1, -0.05) is 0 Å². The van der Waals surface area contributed by atoms with Crippen LogP contribution in [0.15, 0.2) is 28.5 Å². The summed E-state index contributed by atoms with van der Waals surface area (Å²) in [4.78, 5) is 30.1. The van der Waals surface area contributed by atoms with Crippen molar-refractivity contribution < 1.29 is 0 Å². The lowest BCUT2D eigenvalue weighted by Gasteiger charge is -2.16. The van der Waals surface area contributed by atoms with Crippen LogP contribution in [0.5, 0.6) is 0 Å². The fourth-order valence-corrected chi connectivity index (χ4v) is 3.12.